The highest BCUT2D eigenvalue weighted by Crippen LogP contribution is 2.38. The summed E-state index contributed by atoms with van der Waals surface area (Å²) in [4.78, 5) is 27.3. The summed E-state index contributed by atoms with van der Waals surface area (Å²) in [6, 6.07) is 19.4. The van der Waals surface area contributed by atoms with Crippen LogP contribution in [0.3, 0.4) is 0 Å². The molecule has 0 aromatic heterocycles. The summed E-state index contributed by atoms with van der Waals surface area (Å²) in [6.07, 6.45) is 4.07. The van der Waals surface area contributed by atoms with E-state index in [0.29, 0.717) is 41.8 Å². The largest absolute Gasteiger partial charge is 0.492 e. The van der Waals surface area contributed by atoms with Gasteiger partial charge in [0.05, 0.1) is 18.1 Å². The van der Waals surface area contributed by atoms with E-state index in [4.69, 9.17) is 14.2 Å². The van der Waals surface area contributed by atoms with Crippen LogP contribution in [0.4, 0.5) is 4.79 Å². The maximum Gasteiger partial charge on any atom is 0.293 e. The first kappa shape index (κ1) is 28.5. The number of rotatable bonds is 12. The van der Waals surface area contributed by atoms with Gasteiger partial charge in [0, 0.05) is 10.0 Å². The average Bonchev–Trinajstić information content (AvgIpc) is 3.17. The van der Waals surface area contributed by atoms with Gasteiger partial charge in [-0.15, -0.1) is 6.58 Å². The average molecular weight is 609 g/mol. The van der Waals surface area contributed by atoms with Gasteiger partial charge in [-0.1, -0.05) is 46.3 Å². The smallest absolute Gasteiger partial charge is 0.293 e. The van der Waals surface area contributed by atoms with Gasteiger partial charge in [0.15, 0.2) is 11.5 Å². The van der Waals surface area contributed by atoms with Gasteiger partial charge in [-0.05, 0) is 91.2 Å². The zero-order valence-corrected chi connectivity index (χ0v) is 24.3. The maximum absolute atomic E-state index is 13.1. The second kappa shape index (κ2) is 13.5. The van der Waals surface area contributed by atoms with Crippen LogP contribution >= 0.6 is 27.7 Å². The van der Waals surface area contributed by atoms with Gasteiger partial charge < -0.3 is 14.2 Å². The number of benzene rings is 3. The molecule has 0 saturated carbocycles. The van der Waals surface area contributed by atoms with E-state index >= 15 is 0 Å². The highest BCUT2D eigenvalue weighted by molar-refractivity contribution is 9.10. The molecule has 3 aromatic rings. The molecule has 1 fully saturated rings. The molecule has 0 unspecified atom stereocenters. The van der Waals surface area contributed by atoms with Crippen LogP contribution in [0.15, 0.2) is 82.7 Å². The van der Waals surface area contributed by atoms with Crippen LogP contribution in [0.25, 0.3) is 6.08 Å². The number of carbonyl (C=O) groups is 2. The van der Waals surface area contributed by atoms with E-state index in [1.54, 1.807) is 12.2 Å². The maximum atomic E-state index is 13.1. The predicted molar refractivity (Wildman–Crippen MR) is 159 cm³/mol. The van der Waals surface area contributed by atoms with Crippen LogP contribution < -0.4 is 14.2 Å². The molecule has 8 heteroatoms. The highest BCUT2D eigenvalue weighted by Gasteiger charge is 2.35. The zero-order valence-electron chi connectivity index (χ0n) is 21.9. The fourth-order valence-corrected chi connectivity index (χ4v) is 5.17. The van der Waals surface area contributed by atoms with E-state index in [1.807, 2.05) is 74.5 Å². The minimum absolute atomic E-state index is 0.171. The third-order valence-corrected chi connectivity index (χ3v) is 7.30. The molecule has 1 aliphatic rings. The lowest BCUT2D eigenvalue weighted by Crippen LogP contribution is -2.32. The molecule has 1 aliphatic heterocycles. The molecule has 1 heterocycles. The van der Waals surface area contributed by atoms with Gasteiger partial charge in [0.1, 0.15) is 19.0 Å². The summed E-state index contributed by atoms with van der Waals surface area (Å²) in [5.41, 5.74) is 3.72. The van der Waals surface area contributed by atoms with Gasteiger partial charge in [-0.3, -0.25) is 14.5 Å². The molecule has 4 rings (SSSR count). The number of nitrogens with zero attached hydrogens (tertiary/aromatic N) is 1. The van der Waals surface area contributed by atoms with E-state index < -0.39 is 0 Å². The highest BCUT2D eigenvalue weighted by atomic mass is 79.9. The van der Waals surface area contributed by atoms with Crippen molar-refractivity contribution in [1.82, 2.24) is 4.90 Å². The molecular weight excluding hydrogens is 578 g/mol. The van der Waals surface area contributed by atoms with Gasteiger partial charge in [0.25, 0.3) is 11.1 Å². The van der Waals surface area contributed by atoms with Crippen molar-refractivity contribution in [2.24, 2.45) is 0 Å². The van der Waals surface area contributed by atoms with Crippen molar-refractivity contribution in [3.05, 3.63) is 105 Å². The van der Waals surface area contributed by atoms with Crippen molar-refractivity contribution >= 4 is 44.9 Å². The molecular formula is C31H30BrNO5S. The van der Waals surface area contributed by atoms with Crippen molar-refractivity contribution in [2.75, 3.05) is 19.8 Å². The van der Waals surface area contributed by atoms with Crippen molar-refractivity contribution < 1.29 is 23.8 Å². The Balaban J connectivity index is 1.51. The Morgan fingerprint density at radius 3 is 2.54 bits per heavy atom. The summed E-state index contributed by atoms with van der Waals surface area (Å²) in [5, 5.41) is -0.315. The van der Waals surface area contributed by atoms with Crippen LogP contribution in [0, 0.1) is 6.92 Å². The molecule has 0 spiro atoms. The topological polar surface area (TPSA) is 65.1 Å². The van der Waals surface area contributed by atoms with Crippen LogP contribution in [0.1, 0.15) is 29.2 Å². The number of halogens is 1. The van der Waals surface area contributed by atoms with Crippen molar-refractivity contribution in [3.63, 3.8) is 0 Å². The first-order valence-corrected chi connectivity index (χ1v) is 14.2. The summed E-state index contributed by atoms with van der Waals surface area (Å²) in [5.74, 6) is 1.58. The monoisotopic (exact) mass is 607 g/mol. The van der Waals surface area contributed by atoms with E-state index in [-0.39, 0.29) is 24.3 Å². The van der Waals surface area contributed by atoms with Crippen molar-refractivity contribution in [2.45, 2.75) is 26.9 Å². The van der Waals surface area contributed by atoms with Gasteiger partial charge in [-0.2, -0.15) is 0 Å². The lowest BCUT2D eigenvalue weighted by molar-refractivity contribution is -0.123. The van der Waals surface area contributed by atoms with Crippen LogP contribution in [-0.2, 0) is 17.8 Å². The van der Waals surface area contributed by atoms with Crippen LogP contribution in [0.2, 0.25) is 0 Å². The number of aryl methyl sites for hydroxylation is 1. The van der Waals surface area contributed by atoms with Crippen molar-refractivity contribution in [3.8, 4) is 17.2 Å². The molecule has 1 saturated heterocycles. The van der Waals surface area contributed by atoms with E-state index in [2.05, 4.69) is 22.5 Å². The second-order valence-corrected chi connectivity index (χ2v) is 10.8. The number of ether oxygens (including phenoxy) is 3. The molecule has 0 aliphatic carbocycles. The number of hydrogen-bond acceptors (Lipinski definition) is 6. The molecule has 202 valence electrons. The Morgan fingerprint density at radius 1 is 1.03 bits per heavy atom. The predicted octanol–water partition coefficient (Wildman–Crippen LogP) is 7.58. The fraction of sp³-hybridized carbons (Fsp3) is 0.226. The van der Waals surface area contributed by atoms with E-state index in [1.165, 1.54) is 4.90 Å². The Morgan fingerprint density at radius 2 is 1.82 bits per heavy atom. The van der Waals surface area contributed by atoms with Gasteiger partial charge in [0.2, 0.25) is 0 Å². The van der Waals surface area contributed by atoms with Gasteiger partial charge in [-0.25, -0.2) is 0 Å². The third kappa shape index (κ3) is 7.55. The lowest BCUT2D eigenvalue weighted by atomic mass is 10.0. The minimum Gasteiger partial charge on any atom is -0.492 e. The number of allylic oxidation sites excluding steroid dienone is 1. The minimum atomic E-state index is -0.336. The summed E-state index contributed by atoms with van der Waals surface area (Å²) in [6.45, 7) is 8.98. The molecule has 2 amide bonds. The lowest BCUT2D eigenvalue weighted by Gasteiger charge is -2.17. The standard InChI is InChI=1S/C31H30BrNO5S/c1-4-7-24-17-23(18-27(36-5-2)29(24)38-20-22-10-12-25(32)13-11-22)19-28-30(34)33(31(35)39-28)14-15-37-26-9-6-8-21(3)16-26/h4,6,8-13,16-19H,1,5,7,14-15,20H2,2-3H3/b28-19-. The SMILES string of the molecule is C=CCc1cc(/C=C2\SC(=O)N(CCOc3cccc(C)c3)C2=O)cc(OCC)c1OCc1ccc(Br)cc1. The molecule has 3 aromatic carbocycles. The van der Waals surface area contributed by atoms with Crippen molar-refractivity contribution in [1.29, 1.82) is 0 Å². The summed E-state index contributed by atoms with van der Waals surface area (Å²) < 4.78 is 18.9. The normalized spacial score (nSPS) is 14.1. The van der Waals surface area contributed by atoms with E-state index in [0.717, 1.165) is 38.5 Å². The number of carbonyl (C=O) groups excluding carboxylic acids is 2. The molecule has 0 N–H and O–H groups in total. The molecule has 39 heavy (non-hydrogen) atoms. The number of imide groups is 1. The van der Waals surface area contributed by atoms with Crippen LogP contribution in [-0.4, -0.2) is 35.8 Å². The summed E-state index contributed by atoms with van der Waals surface area (Å²) >= 11 is 4.38. The second-order valence-electron chi connectivity index (χ2n) is 8.85. The van der Waals surface area contributed by atoms with E-state index in [9.17, 15) is 9.59 Å². The Labute approximate surface area is 241 Å². The van der Waals surface area contributed by atoms with Crippen LogP contribution in [0.5, 0.6) is 17.2 Å². The fourth-order valence-electron chi connectivity index (χ4n) is 4.04. The number of amides is 2. The Kier molecular flexibility index (Phi) is 9.90. The zero-order chi connectivity index (χ0) is 27.8. The summed E-state index contributed by atoms with van der Waals surface area (Å²) in [7, 11) is 0. The molecule has 0 radical (unpaired) electrons. The number of hydrogen-bond donors (Lipinski definition) is 0. The molecule has 0 bridgehead atoms. The molecule has 0 atom stereocenters. The molecule has 6 nitrogen and oxygen atoms in total. The first-order valence-electron chi connectivity index (χ1n) is 12.6. The Bertz CT molecular complexity index is 1390. The number of thioether (sulfide) groups is 1. The van der Waals surface area contributed by atoms with Gasteiger partial charge >= 0.3 is 0 Å². The quantitative estimate of drug-likeness (QED) is 0.156. The third-order valence-electron chi connectivity index (χ3n) is 5.86. The Hall–Kier alpha value is -3.49. The first-order chi connectivity index (χ1) is 18.9.